The molecule has 1 N–H and O–H groups in total. The lowest BCUT2D eigenvalue weighted by molar-refractivity contribution is 0.243. The Morgan fingerprint density at radius 2 is 2.71 bits per heavy atom. The molecule has 0 aliphatic rings. The minimum absolute atomic E-state index is 0.0139. The molecule has 1 aromatic rings. The first-order valence-corrected chi connectivity index (χ1v) is 1.57. The summed E-state index contributed by atoms with van der Waals surface area (Å²) in [4.78, 5) is 0.0139. The molecular formula is C2H2N3O2-. The molecule has 5 heteroatoms. The second-order valence-corrected chi connectivity index (χ2v) is 0.959. The fourth-order valence-electron chi connectivity index (χ4n) is 0.207. The molecule has 0 unspecified atom stereocenters. The zero-order valence-electron chi connectivity index (χ0n) is 3.29. The van der Waals surface area contributed by atoms with E-state index in [1.165, 1.54) is 0 Å². The van der Waals surface area contributed by atoms with Crippen LogP contribution in [-0.2, 0) is 0 Å². The maximum absolute atomic E-state index is 9.92. The van der Waals surface area contributed by atoms with Gasteiger partial charge in [-0.15, -0.1) is 0 Å². The number of hydrogen-bond acceptors (Lipinski definition) is 4. The van der Waals surface area contributed by atoms with E-state index in [1.54, 1.807) is 0 Å². The molecule has 5 nitrogen and oxygen atoms in total. The Bertz CT molecular complexity index is 199. The maximum atomic E-state index is 9.92. The first kappa shape index (κ1) is 3.91. The Hall–Kier alpha value is -1.26. The van der Waals surface area contributed by atoms with E-state index < -0.39 is 0 Å². The van der Waals surface area contributed by atoms with Gasteiger partial charge in [0.2, 0.25) is 0 Å². The Morgan fingerprint density at radius 3 is 2.86 bits per heavy atom. The van der Waals surface area contributed by atoms with Crippen LogP contribution >= 0.6 is 0 Å². The molecule has 0 amide bonds. The standard InChI is InChI=1S/C2H2N3O2/c3-2-1-4-7-5(2)6/h1,3H/q-1. The predicted octanol–water partition coefficient (Wildman–Crippen LogP) is -0.699. The molecule has 0 bridgehead atoms. The van der Waals surface area contributed by atoms with Gasteiger partial charge in [0.25, 0.3) is 0 Å². The van der Waals surface area contributed by atoms with Gasteiger partial charge in [-0.2, -0.15) is 10.1 Å². The third kappa shape index (κ3) is 0.466. The zero-order valence-corrected chi connectivity index (χ0v) is 3.29. The van der Waals surface area contributed by atoms with Crippen molar-refractivity contribution < 1.29 is 4.63 Å². The summed E-state index contributed by atoms with van der Waals surface area (Å²) in [5.74, 6) is 0. The lowest BCUT2D eigenvalue weighted by Crippen LogP contribution is -2.05. The van der Waals surface area contributed by atoms with Crippen LogP contribution in [0.4, 0.5) is 0 Å². The van der Waals surface area contributed by atoms with Gasteiger partial charge in [0.1, 0.15) is 0 Å². The number of rotatable bonds is 0. The molecule has 0 radical (unpaired) electrons. The fourth-order valence-corrected chi connectivity index (χ4v) is 0.207. The summed E-state index contributed by atoms with van der Waals surface area (Å²) >= 11 is 0. The van der Waals surface area contributed by atoms with Gasteiger partial charge in [0.15, 0.2) is 5.49 Å². The average Bonchev–Trinajstić information content (AvgIpc) is 1.91. The maximum Gasteiger partial charge on any atom is 0.171 e. The number of hydrogen-bond donors (Lipinski definition) is 1. The Balaban J connectivity index is 3.39. The molecule has 38 valence electrons. The zero-order chi connectivity index (χ0) is 5.28. The van der Waals surface area contributed by atoms with Crippen molar-refractivity contribution in [3.05, 3.63) is 16.9 Å². The highest BCUT2D eigenvalue weighted by Crippen LogP contribution is 1.64. The second kappa shape index (κ2) is 1.11. The quantitative estimate of drug-likeness (QED) is 0.468. The fraction of sp³-hybridized carbons (Fsp3) is 0. The van der Waals surface area contributed by atoms with E-state index in [2.05, 4.69) is 9.79 Å². The molecule has 0 fully saturated rings. The normalized spacial score (nSPS) is 9.14. The summed E-state index contributed by atoms with van der Waals surface area (Å²) in [5, 5.41) is 19.5. The average molecular weight is 100 g/mol. The van der Waals surface area contributed by atoms with Crippen LogP contribution in [-0.4, -0.2) is 10.1 Å². The summed E-state index contributed by atoms with van der Waals surface area (Å²) in [5.41, 5.74) is -0.278. The molecule has 0 saturated carbocycles. The number of nitrogens with one attached hydrogen (secondary N) is 1. The van der Waals surface area contributed by atoms with Crippen molar-refractivity contribution in [1.29, 1.82) is 5.41 Å². The van der Waals surface area contributed by atoms with Crippen LogP contribution < -0.4 is 5.49 Å². The molecule has 1 aromatic heterocycles. The Labute approximate surface area is 38.2 Å². The topological polar surface area (TPSA) is 77.9 Å². The van der Waals surface area contributed by atoms with Gasteiger partial charge < -0.3 is 9.84 Å². The molecule has 1 rings (SSSR count). The van der Waals surface area contributed by atoms with Crippen LogP contribution in [0.15, 0.2) is 10.8 Å². The lowest BCUT2D eigenvalue weighted by atomic mass is 10.9. The summed E-state index contributed by atoms with van der Waals surface area (Å²) in [6, 6.07) is 0. The van der Waals surface area contributed by atoms with Crippen LogP contribution in [0, 0.1) is 10.6 Å². The molecule has 0 saturated heterocycles. The van der Waals surface area contributed by atoms with Gasteiger partial charge in [-0.25, -0.2) is 0 Å². The minimum atomic E-state index is -0.278. The van der Waals surface area contributed by atoms with Crippen molar-refractivity contribution in [1.82, 2.24) is 10.1 Å². The number of aromatic nitrogens is 2. The van der Waals surface area contributed by atoms with Gasteiger partial charge in [0, 0.05) is 0 Å². The highest BCUT2D eigenvalue weighted by Gasteiger charge is 1.74. The van der Waals surface area contributed by atoms with Crippen LogP contribution in [0.2, 0.25) is 0 Å². The Kier molecular flexibility index (Phi) is 0.619. The van der Waals surface area contributed by atoms with Gasteiger partial charge in [-0.3, -0.25) is 5.41 Å². The molecule has 0 atom stereocenters. The van der Waals surface area contributed by atoms with E-state index >= 15 is 0 Å². The molecule has 0 aromatic carbocycles. The van der Waals surface area contributed by atoms with Gasteiger partial charge in [0.05, 0.1) is 6.20 Å². The second-order valence-electron chi connectivity index (χ2n) is 0.959. The van der Waals surface area contributed by atoms with E-state index in [1.807, 2.05) is 0 Å². The van der Waals surface area contributed by atoms with Crippen LogP contribution in [0.25, 0.3) is 0 Å². The molecular weight excluding hydrogens is 98.0 g/mol. The van der Waals surface area contributed by atoms with Crippen molar-refractivity contribution in [3.63, 3.8) is 0 Å². The van der Waals surface area contributed by atoms with E-state index in [0.29, 0.717) is 0 Å². The van der Waals surface area contributed by atoms with E-state index in [9.17, 15) is 5.21 Å². The first-order valence-electron chi connectivity index (χ1n) is 1.57. The lowest BCUT2D eigenvalue weighted by Gasteiger charge is -1.89. The molecule has 0 aliphatic carbocycles. The van der Waals surface area contributed by atoms with E-state index in [0.717, 1.165) is 6.20 Å². The van der Waals surface area contributed by atoms with Crippen LogP contribution in [0.3, 0.4) is 0 Å². The number of nitrogens with zero attached hydrogens (tertiary/aromatic N) is 2. The van der Waals surface area contributed by atoms with Crippen LogP contribution in [0.1, 0.15) is 0 Å². The van der Waals surface area contributed by atoms with Crippen molar-refractivity contribution in [2.45, 2.75) is 0 Å². The van der Waals surface area contributed by atoms with Gasteiger partial charge >= 0.3 is 0 Å². The van der Waals surface area contributed by atoms with Crippen molar-refractivity contribution in [2.24, 2.45) is 0 Å². The predicted molar refractivity (Wildman–Crippen MR) is 19.1 cm³/mol. The van der Waals surface area contributed by atoms with Gasteiger partial charge in [-0.1, -0.05) is 0 Å². The van der Waals surface area contributed by atoms with Gasteiger partial charge in [-0.05, 0) is 0 Å². The third-order valence-corrected chi connectivity index (χ3v) is 0.493. The third-order valence-electron chi connectivity index (χ3n) is 0.493. The van der Waals surface area contributed by atoms with Crippen molar-refractivity contribution in [2.75, 3.05) is 0 Å². The summed E-state index contributed by atoms with van der Waals surface area (Å²) in [6.07, 6.45) is 1.02. The molecule has 7 heavy (non-hydrogen) atoms. The Morgan fingerprint density at radius 1 is 2.00 bits per heavy atom. The minimum Gasteiger partial charge on any atom is -0.459 e. The monoisotopic (exact) mass is 100 g/mol. The molecule has 0 spiro atoms. The first-order chi connectivity index (χ1) is 3.30. The smallest absolute Gasteiger partial charge is 0.171 e. The van der Waals surface area contributed by atoms with Crippen molar-refractivity contribution in [3.8, 4) is 0 Å². The van der Waals surface area contributed by atoms with E-state index in [4.69, 9.17) is 5.41 Å². The molecule has 1 heterocycles. The largest absolute Gasteiger partial charge is 0.459 e. The van der Waals surface area contributed by atoms with E-state index in [-0.39, 0.29) is 10.4 Å². The summed E-state index contributed by atoms with van der Waals surface area (Å²) in [6.45, 7) is 0. The summed E-state index contributed by atoms with van der Waals surface area (Å²) < 4.78 is 3.89. The van der Waals surface area contributed by atoms with Crippen molar-refractivity contribution >= 4 is 0 Å². The van der Waals surface area contributed by atoms with Crippen LogP contribution in [0.5, 0.6) is 0 Å². The SMILES string of the molecule is N=c1cnon1[O-]. The summed E-state index contributed by atoms with van der Waals surface area (Å²) in [7, 11) is 0. The highest BCUT2D eigenvalue weighted by atomic mass is 16.8. The molecule has 0 aliphatic heterocycles. The highest BCUT2D eigenvalue weighted by molar-refractivity contribution is 4.59.